The van der Waals surface area contributed by atoms with E-state index in [1.807, 2.05) is 11.8 Å². The van der Waals surface area contributed by atoms with Crippen molar-refractivity contribution in [2.75, 3.05) is 13.1 Å². The van der Waals surface area contributed by atoms with Crippen molar-refractivity contribution < 1.29 is 4.79 Å². The van der Waals surface area contributed by atoms with Gasteiger partial charge in [-0.3, -0.25) is 4.79 Å². The summed E-state index contributed by atoms with van der Waals surface area (Å²) in [6.45, 7) is 10.5. The van der Waals surface area contributed by atoms with Crippen LogP contribution in [0.2, 0.25) is 0 Å². The molecule has 0 aromatic carbocycles. The number of hydrogen-bond donors (Lipinski definition) is 1. The van der Waals surface area contributed by atoms with E-state index in [4.69, 9.17) is 0 Å². The van der Waals surface area contributed by atoms with E-state index in [1.165, 1.54) is 6.42 Å². The van der Waals surface area contributed by atoms with Crippen molar-refractivity contribution in [3.8, 4) is 0 Å². The summed E-state index contributed by atoms with van der Waals surface area (Å²) in [6.07, 6.45) is 2.94. The van der Waals surface area contributed by atoms with Gasteiger partial charge in [0, 0.05) is 31.6 Å². The molecule has 1 saturated heterocycles. The number of likely N-dealkylation sites (tertiary alicyclic amines) is 1. The third-order valence-corrected chi connectivity index (χ3v) is 3.84. The van der Waals surface area contributed by atoms with E-state index in [-0.39, 0.29) is 0 Å². The van der Waals surface area contributed by atoms with Crippen LogP contribution < -0.4 is 5.32 Å². The average molecular weight is 226 g/mol. The van der Waals surface area contributed by atoms with E-state index in [0.717, 1.165) is 19.5 Å². The van der Waals surface area contributed by atoms with Gasteiger partial charge in [0.1, 0.15) is 0 Å². The van der Waals surface area contributed by atoms with Gasteiger partial charge in [-0.1, -0.05) is 27.2 Å². The largest absolute Gasteiger partial charge is 0.341 e. The Balaban J connectivity index is 2.33. The third-order valence-electron chi connectivity index (χ3n) is 3.84. The fourth-order valence-corrected chi connectivity index (χ4v) is 2.24. The molecule has 3 nitrogen and oxygen atoms in total. The van der Waals surface area contributed by atoms with Crippen LogP contribution in [0.3, 0.4) is 0 Å². The summed E-state index contributed by atoms with van der Waals surface area (Å²) in [5.41, 5.74) is 0. The Morgan fingerprint density at radius 3 is 2.69 bits per heavy atom. The molecule has 1 heterocycles. The zero-order valence-corrected chi connectivity index (χ0v) is 11.1. The van der Waals surface area contributed by atoms with Crippen LogP contribution >= 0.6 is 0 Å². The standard InChI is InChI=1S/C13H26N2O/c1-5-10(3)11(4)14-12-7-8-15(9-12)13(16)6-2/h10-12,14H,5-9H2,1-4H3. The lowest BCUT2D eigenvalue weighted by Crippen LogP contribution is -2.42. The van der Waals surface area contributed by atoms with Crippen molar-refractivity contribution in [2.45, 2.75) is 59.0 Å². The number of amides is 1. The van der Waals surface area contributed by atoms with Gasteiger partial charge in [-0.25, -0.2) is 0 Å². The van der Waals surface area contributed by atoms with E-state index >= 15 is 0 Å². The maximum absolute atomic E-state index is 11.5. The van der Waals surface area contributed by atoms with Crippen LogP contribution in [0.25, 0.3) is 0 Å². The number of rotatable bonds is 5. The van der Waals surface area contributed by atoms with Crippen LogP contribution in [-0.4, -0.2) is 36.0 Å². The first-order valence-electron chi connectivity index (χ1n) is 6.62. The molecule has 3 heteroatoms. The highest BCUT2D eigenvalue weighted by Crippen LogP contribution is 2.14. The molecule has 1 aliphatic rings. The molecular formula is C13H26N2O. The Kier molecular flexibility index (Phi) is 5.26. The predicted octanol–water partition coefficient (Wildman–Crippen LogP) is 2.02. The SMILES string of the molecule is CCC(=O)N1CCC(NC(C)C(C)CC)C1. The minimum Gasteiger partial charge on any atom is -0.341 e. The lowest BCUT2D eigenvalue weighted by molar-refractivity contribution is -0.129. The average Bonchev–Trinajstić information content (AvgIpc) is 2.75. The lowest BCUT2D eigenvalue weighted by atomic mass is 10.00. The van der Waals surface area contributed by atoms with Crippen molar-refractivity contribution in [2.24, 2.45) is 5.92 Å². The van der Waals surface area contributed by atoms with E-state index < -0.39 is 0 Å². The summed E-state index contributed by atoms with van der Waals surface area (Å²) in [7, 11) is 0. The van der Waals surface area contributed by atoms with Gasteiger partial charge in [-0.15, -0.1) is 0 Å². The number of hydrogen-bond acceptors (Lipinski definition) is 2. The molecule has 1 rings (SSSR count). The maximum Gasteiger partial charge on any atom is 0.222 e. The van der Waals surface area contributed by atoms with Crippen LogP contribution in [-0.2, 0) is 4.79 Å². The summed E-state index contributed by atoms with van der Waals surface area (Å²) in [5, 5.41) is 3.64. The first-order valence-corrected chi connectivity index (χ1v) is 6.62. The molecule has 1 N–H and O–H groups in total. The third kappa shape index (κ3) is 3.48. The molecule has 3 atom stereocenters. The fraction of sp³-hybridized carbons (Fsp3) is 0.923. The molecule has 0 aromatic rings. The van der Waals surface area contributed by atoms with Gasteiger partial charge in [0.2, 0.25) is 5.91 Å². The van der Waals surface area contributed by atoms with Gasteiger partial charge in [0.25, 0.3) is 0 Å². The molecular weight excluding hydrogens is 200 g/mol. The summed E-state index contributed by atoms with van der Waals surface area (Å²) in [5.74, 6) is 0.997. The van der Waals surface area contributed by atoms with Crippen LogP contribution in [0.15, 0.2) is 0 Å². The van der Waals surface area contributed by atoms with E-state index in [0.29, 0.717) is 30.3 Å². The van der Waals surface area contributed by atoms with Crippen molar-refractivity contribution in [3.63, 3.8) is 0 Å². The highest BCUT2D eigenvalue weighted by molar-refractivity contribution is 5.76. The molecule has 16 heavy (non-hydrogen) atoms. The minimum atomic E-state index is 0.292. The molecule has 3 unspecified atom stereocenters. The molecule has 0 aromatic heterocycles. The van der Waals surface area contributed by atoms with Gasteiger partial charge in [0.05, 0.1) is 0 Å². The summed E-state index contributed by atoms with van der Waals surface area (Å²) >= 11 is 0. The van der Waals surface area contributed by atoms with Crippen LogP contribution in [0.1, 0.15) is 47.0 Å². The number of nitrogens with zero attached hydrogens (tertiary/aromatic N) is 1. The van der Waals surface area contributed by atoms with Gasteiger partial charge >= 0.3 is 0 Å². The monoisotopic (exact) mass is 226 g/mol. The van der Waals surface area contributed by atoms with Crippen LogP contribution in [0.4, 0.5) is 0 Å². The topological polar surface area (TPSA) is 32.3 Å². The first kappa shape index (κ1) is 13.5. The number of carbonyl (C=O) groups excluding carboxylic acids is 1. The molecule has 94 valence electrons. The molecule has 1 amide bonds. The Hall–Kier alpha value is -0.570. The fourth-order valence-electron chi connectivity index (χ4n) is 2.24. The van der Waals surface area contributed by atoms with Crippen molar-refractivity contribution in [1.82, 2.24) is 10.2 Å². The quantitative estimate of drug-likeness (QED) is 0.778. The number of carbonyl (C=O) groups is 1. The Bertz CT molecular complexity index is 230. The summed E-state index contributed by atoms with van der Waals surface area (Å²) in [6, 6.07) is 1.05. The van der Waals surface area contributed by atoms with Gasteiger partial charge in [-0.05, 0) is 19.3 Å². The van der Waals surface area contributed by atoms with Gasteiger partial charge in [-0.2, -0.15) is 0 Å². The number of nitrogens with one attached hydrogen (secondary N) is 1. The van der Waals surface area contributed by atoms with Crippen molar-refractivity contribution in [3.05, 3.63) is 0 Å². The van der Waals surface area contributed by atoms with E-state index in [1.54, 1.807) is 0 Å². The smallest absolute Gasteiger partial charge is 0.222 e. The minimum absolute atomic E-state index is 0.292. The lowest BCUT2D eigenvalue weighted by Gasteiger charge is -2.24. The molecule has 0 saturated carbocycles. The Labute approximate surface area is 99.6 Å². The van der Waals surface area contributed by atoms with Crippen LogP contribution in [0, 0.1) is 5.92 Å². The zero-order chi connectivity index (χ0) is 12.1. The maximum atomic E-state index is 11.5. The molecule has 0 spiro atoms. The zero-order valence-electron chi connectivity index (χ0n) is 11.1. The molecule has 1 aliphatic heterocycles. The Morgan fingerprint density at radius 1 is 1.44 bits per heavy atom. The van der Waals surface area contributed by atoms with Crippen molar-refractivity contribution in [1.29, 1.82) is 0 Å². The first-order chi connectivity index (χ1) is 7.58. The van der Waals surface area contributed by atoms with Gasteiger partial charge in [0.15, 0.2) is 0 Å². The molecule has 0 aliphatic carbocycles. The predicted molar refractivity (Wildman–Crippen MR) is 67.3 cm³/mol. The molecule has 0 bridgehead atoms. The highest BCUT2D eigenvalue weighted by Gasteiger charge is 2.26. The second kappa shape index (κ2) is 6.24. The van der Waals surface area contributed by atoms with E-state index in [2.05, 4.69) is 26.1 Å². The normalized spacial score (nSPS) is 24.5. The Morgan fingerprint density at radius 2 is 2.12 bits per heavy atom. The second-order valence-electron chi connectivity index (χ2n) is 5.02. The highest BCUT2D eigenvalue weighted by atomic mass is 16.2. The second-order valence-corrected chi connectivity index (χ2v) is 5.02. The molecule has 0 radical (unpaired) electrons. The van der Waals surface area contributed by atoms with Crippen LogP contribution in [0.5, 0.6) is 0 Å². The summed E-state index contributed by atoms with van der Waals surface area (Å²) in [4.78, 5) is 13.5. The summed E-state index contributed by atoms with van der Waals surface area (Å²) < 4.78 is 0. The molecule has 1 fully saturated rings. The van der Waals surface area contributed by atoms with Gasteiger partial charge < -0.3 is 10.2 Å². The van der Waals surface area contributed by atoms with Crippen molar-refractivity contribution >= 4 is 5.91 Å². The van der Waals surface area contributed by atoms with E-state index in [9.17, 15) is 4.79 Å².